The Balaban J connectivity index is 1.73. The quantitative estimate of drug-likeness (QED) is 0.0660. The van der Waals surface area contributed by atoms with Crippen LogP contribution < -0.4 is 14.8 Å². The number of esters is 1. The van der Waals surface area contributed by atoms with Gasteiger partial charge in [-0.25, -0.2) is 4.99 Å². The predicted octanol–water partition coefficient (Wildman–Crippen LogP) is 6.14. The molecular formula is C35H41N5O7. The molecule has 1 heterocycles. The maximum atomic E-state index is 14.4. The number of hydrogen-bond donors (Lipinski definition) is 2. The van der Waals surface area contributed by atoms with Crippen LogP contribution in [-0.4, -0.2) is 60.9 Å². The first-order valence-electron chi connectivity index (χ1n) is 15.5. The highest BCUT2D eigenvalue weighted by Crippen LogP contribution is 2.46. The van der Waals surface area contributed by atoms with Gasteiger partial charge < -0.3 is 29.4 Å². The predicted molar refractivity (Wildman–Crippen MR) is 177 cm³/mol. The van der Waals surface area contributed by atoms with Crippen molar-refractivity contribution in [3.63, 3.8) is 0 Å². The van der Waals surface area contributed by atoms with E-state index < -0.39 is 29.1 Å². The number of carbonyl (C=O) groups excluding carboxylic acids is 2. The summed E-state index contributed by atoms with van der Waals surface area (Å²) < 4.78 is 23.1. The van der Waals surface area contributed by atoms with E-state index >= 15 is 0 Å². The van der Waals surface area contributed by atoms with E-state index in [-0.39, 0.29) is 37.6 Å². The van der Waals surface area contributed by atoms with Crippen molar-refractivity contribution >= 4 is 23.5 Å². The largest absolute Gasteiger partial charge is 0.497 e. The van der Waals surface area contributed by atoms with Crippen LogP contribution in [0.15, 0.2) is 82.9 Å². The molecule has 2 N–H and O–H groups in total. The van der Waals surface area contributed by atoms with E-state index in [4.69, 9.17) is 29.0 Å². The third kappa shape index (κ3) is 9.25. The molecule has 12 heteroatoms. The number of methoxy groups -OCH3 is 1. The lowest BCUT2D eigenvalue weighted by atomic mass is 9.82. The first kappa shape index (κ1) is 34.8. The van der Waals surface area contributed by atoms with Gasteiger partial charge in [0.25, 0.3) is 5.91 Å². The highest BCUT2D eigenvalue weighted by atomic mass is 16.6. The highest BCUT2D eigenvalue weighted by Gasteiger charge is 2.53. The summed E-state index contributed by atoms with van der Waals surface area (Å²) in [6.07, 6.45) is -0.206. The van der Waals surface area contributed by atoms with Gasteiger partial charge in [0.2, 0.25) is 5.90 Å². The molecule has 0 aliphatic carbocycles. The highest BCUT2D eigenvalue weighted by molar-refractivity contribution is 6.01. The van der Waals surface area contributed by atoms with Crippen molar-refractivity contribution in [2.24, 2.45) is 10.1 Å². The SMILES string of the molecule is COc1cccc(CCNC(=O)[C@]2(CCC(=O)OC(C)(C)C)N=C(c3ccc(OCCCO)cc3)O[C@@H]2c2ccccc2N=[N+]=[N-])c1. The molecule has 0 bridgehead atoms. The molecule has 0 saturated heterocycles. The van der Waals surface area contributed by atoms with Gasteiger partial charge in [-0.2, -0.15) is 0 Å². The maximum Gasteiger partial charge on any atom is 0.306 e. The second kappa shape index (κ2) is 16.0. The summed E-state index contributed by atoms with van der Waals surface area (Å²) in [6, 6.07) is 21.4. The first-order chi connectivity index (χ1) is 22.6. The maximum absolute atomic E-state index is 14.4. The second-order valence-corrected chi connectivity index (χ2v) is 12.0. The van der Waals surface area contributed by atoms with Gasteiger partial charge in [0.05, 0.1) is 13.7 Å². The fraction of sp³-hybridized carbons (Fsp3) is 0.400. The summed E-state index contributed by atoms with van der Waals surface area (Å²) in [5, 5.41) is 15.9. The zero-order valence-corrected chi connectivity index (χ0v) is 27.1. The average Bonchev–Trinajstić information content (AvgIpc) is 3.45. The smallest absolute Gasteiger partial charge is 0.306 e. The Morgan fingerprint density at radius 2 is 1.85 bits per heavy atom. The normalized spacial score (nSPS) is 17.1. The number of hydrogen-bond acceptors (Lipinski definition) is 9. The summed E-state index contributed by atoms with van der Waals surface area (Å²) >= 11 is 0. The number of ether oxygens (including phenoxy) is 4. The fourth-order valence-corrected chi connectivity index (χ4v) is 5.18. The minimum atomic E-state index is -1.63. The van der Waals surface area contributed by atoms with Crippen LogP contribution in [0.4, 0.5) is 5.69 Å². The van der Waals surface area contributed by atoms with Gasteiger partial charge in [-0.3, -0.25) is 9.59 Å². The molecule has 2 atom stereocenters. The van der Waals surface area contributed by atoms with Crippen LogP contribution in [0.1, 0.15) is 62.8 Å². The minimum absolute atomic E-state index is 0.0222. The van der Waals surface area contributed by atoms with E-state index in [1.54, 1.807) is 76.4 Å². The Morgan fingerprint density at radius 3 is 2.55 bits per heavy atom. The number of aliphatic hydroxyl groups excluding tert-OH is 1. The van der Waals surface area contributed by atoms with Gasteiger partial charge in [0.1, 0.15) is 17.1 Å². The number of rotatable bonds is 15. The third-order valence-electron chi connectivity index (χ3n) is 7.37. The van der Waals surface area contributed by atoms with Crippen LogP contribution in [-0.2, 0) is 25.5 Å². The number of aliphatic hydroxyl groups is 1. The molecule has 248 valence electrons. The lowest BCUT2D eigenvalue weighted by molar-refractivity contribution is -0.155. The molecule has 1 aliphatic rings. The zero-order chi connectivity index (χ0) is 33.9. The summed E-state index contributed by atoms with van der Waals surface area (Å²) in [5.41, 5.74) is 9.23. The van der Waals surface area contributed by atoms with Gasteiger partial charge in [-0.05, 0) is 81.1 Å². The van der Waals surface area contributed by atoms with Crippen LogP contribution in [0, 0.1) is 0 Å². The number of aliphatic imine (C=N–C) groups is 1. The summed E-state index contributed by atoms with van der Waals surface area (Å²) in [5.74, 6) is 0.540. The number of carbonyl (C=O) groups is 2. The van der Waals surface area contributed by atoms with Crippen molar-refractivity contribution in [1.82, 2.24) is 5.32 Å². The van der Waals surface area contributed by atoms with Gasteiger partial charge in [-0.15, -0.1) is 0 Å². The van der Waals surface area contributed by atoms with Crippen molar-refractivity contribution in [3.05, 3.63) is 99.9 Å². The molecule has 1 amide bonds. The second-order valence-electron chi connectivity index (χ2n) is 12.0. The Labute approximate surface area is 274 Å². The molecule has 1 aliphatic heterocycles. The average molecular weight is 644 g/mol. The van der Waals surface area contributed by atoms with E-state index in [1.807, 2.05) is 24.3 Å². The number of nitrogens with one attached hydrogen (secondary N) is 1. The molecule has 0 unspecified atom stereocenters. The van der Waals surface area contributed by atoms with Crippen LogP contribution in [0.25, 0.3) is 10.4 Å². The first-order valence-corrected chi connectivity index (χ1v) is 15.5. The van der Waals surface area contributed by atoms with E-state index in [9.17, 15) is 15.1 Å². The van der Waals surface area contributed by atoms with Gasteiger partial charge in [0.15, 0.2) is 11.6 Å². The van der Waals surface area contributed by atoms with Gasteiger partial charge in [-0.1, -0.05) is 41.5 Å². The standard InChI is InChI=1S/C35H41N5O7/c1-34(2,3)47-30(42)17-19-35(33(43)37-20-18-24-9-7-10-27(23-24)44-4)31(28-11-5-6-12-29(28)39-40-36)46-32(38-35)25-13-15-26(16-14-25)45-22-8-21-41/h5-7,9-16,23,31,41H,8,17-22H2,1-4H3,(H,37,43)/t31-,35-/m1/s1. The zero-order valence-electron chi connectivity index (χ0n) is 27.1. The fourth-order valence-electron chi connectivity index (χ4n) is 5.18. The van der Waals surface area contributed by atoms with Gasteiger partial charge >= 0.3 is 5.97 Å². The number of nitrogens with zero attached hydrogens (tertiary/aromatic N) is 4. The molecule has 4 rings (SSSR count). The topological polar surface area (TPSA) is 164 Å². The number of azide groups is 1. The van der Waals surface area contributed by atoms with Crippen LogP contribution in [0.5, 0.6) is 11.5 Å². The Kier molecular flexibility index (Phi) is 11.8. The van der Waals surface area contributed by atoms with Crippen molar-refractivity contribution in [2.45, 2.75) is 63.7 Å². The van der Waals surface area contributed by atoms with Gasteiger partial charge in [0, 0.05) is 47.7 Å². The van der Waals surface area contributed by atoms with E-state index in [2.05, 4.69) is 15.3 Å². The molecule has 0 aromatic heterocycles. The minimum Gasteiger partial charge on any atom is -0.497 e. The molecule has 3 aromatic carbocycles. The van der Waals surface area contributed by atoms with Crippen molar-refractivity contribution in [3.8, 4) is 11.5 Å². The van der Waals surface area contributed by atoms with E-state index in [1.165, 1.54) is 0 Å². The molecule has 3 aromatic rings. The number of amides is 1. The lowest BCUT2D eigenvalue weighted by Gasteiger charge is -2.31. The monoisotopic (exact) mass is 643 g/mol. The molecule has 47 heavy (non-hydrogen) atoms. The molecule has 12 nitrogen and oxygen atoms in total. The molecule has 0 fully saturated rings. The molecule has 0 saturated carbocycles. The van der Waals surface area contributed by atoms with Crippen LogP contribution >= 0.6 is 0 Å². The van der Waals surface area contributed by atoms with Crippen molar-refractivity contribution < 1.29 is 33.6 Å². The molecular weight excluding hydrogens is 602 g/mol. The van der Waals surface area contributed by atoms with Crippen LogP contribution in [0.3, 0.4) is 0 Å². The van der Waals surface area contributed by atoms with E-state index in [0.29, 0.717) is 42.1 Å². The molecule has 0 radical (unpaired) electrons. The van der Waals surface area contributed by atoms with Crippen LogP contribution in [0.2, 0.25) is 0 Å². The van der Waals surface area contributed by atoms with Crippen molar-refractivity contribution in [1.29, 1.82) is 0 Å². The molecule has 0 spiro atoms. The Bertz CT molecular complexity index is 1610. The summed E-state index contributed by atoms with van der Waals surface area (Å²) in [4.78, 5) is 35.3. The van der Waals surface area contributed by atoms with Crippen molar-refractivity contribution in [2.75, 3.05) is 26.9 Å². The number of benzene rings is 3. The lowest BCUT2D eigenvalue weighted by Crippen LogP contribution is -2.49. The summed E-state index contributed by atoms with van der Waals surface area (Å²) in [6.45, 7) is 5.98. The third-order valence-corrected chi connectivity index (χ3v) is 7.37. The van der Waals surface area contributed by atoms with E-state index in [0.717, 1.165) is 5.56 Å². The Hall–Kier alpha value is -5.06. The summed E-state index contributed by atoms with van der Waals surface area (Å²) in [7, 11) is 1.59. The Morgan fingerprint density at radius 1 is 1.09 bits per heavy atom.